The van der Waals surface area contributed by atoms with Crippen LogP contribution in [0.2, 0.25) is 0 Å². The first-order chi connectivity index (χ1) is 7.96. The van der Waals surface area contributed by atoms with Crippen LogP contribution in [0.3, 0.4) is 0 Å². The minimum atomic E-state index is -2.29. The van der Waals surface area contributed by atoms with Crippen LogP contribution in [0.1, 0.15) is 18.4 Å². The largest absolute Gasteiger partial charge is 0.394 e. The van der Waals surface area contributed by atoms with E-state index in [1.54, 1.807) is 0 Å². The molecule has 2 heterocycles. The third-order valence-corrected chi connectivity index (χ3v) is 2.81. The Labute approximate surface area is 95.7 Å². The third-order valence-electron chi connectivity index (χ3n) is 2.81. The van der Waals surface area contributed by atoms with Gasteiger partial charge in [-0.25, -0.2) is 9.36 Å². The van der Waals surface area contributed by atoms with Gasteiger partial charge in [-0.3, -0.25) is 9.78 Å². The van der Waals surface area contributed by atoms with Gasteiger partial charge in [0.2, 0.25) is 0 Å². The van der Waals surface area contributed by atoms with Crippen molar-refractivity contribution in [3.05, 3.63) is 32.6 Å². The van der Waals surface area contributed by atoms with Gasteiger partial charge in [-0.15, -0.1) is 0 Å². The molecular weight excluding hydrogens is 230 g/mol. The Morgan fingerprint density at radius 2 is 2.41 bits per heavy atom. The number of rotatable bonds is 2. The maximum Gasteiger partial charge on any atom is 0.332 e. The highest BCUT2D eigenvalue weighted by molar-refractivity contribution is 5.02. The van der Waals surface area contributed by atoms with E-state index >= 15 is 0 Å². The molecule has 7 heteroatoms. The second-order valence-electron chi connectivity index (χ2n) is 4.09. The van der Waals surface area contributed by atoms with Crippen molar-refractivity contribution < 1.29 is 14.2 Å². The van der Waals surface area contributed by atoms with E-state index < -0.39 is 23.3 Å². The number of aryl methyl sites for hydroxylation is 1. The van der Waals surface area contributed by atoms with Crippen molar-refractivity contribution in [1.82, 2.24) is 9.55 Å². The standard InChI is InChI=1S/C10H13FN2O4/c1-6-4-13(9(16)12-8(6)15)10(11)3-2-7(5-14)17-10/h4,7,14H,2-3,5H2,1H3,(H,12,15,16)/t7-,10-/m0/s1/i11-1. The predicted octanol–water partition coefficient (Wildman–Crippen LogP) is -0.404. The van der Waals surface area contributed by atoms with Crippen LogP contribution < -0.4 is 11.2 Å². The molecule has 0 amide bonds. The SMILES string of the molecule is Cc1cn([C@@]2([18F])CC[C@@H](CO)O2)c(=O)[nH]c1=O. The number of halogens is 1. The molecule has 1 aliphatic rings. The average Bonchev–Trinajstić information content (AvgIpc) is 2.66. The summed E-state index contributed by atoms with van der Waals surface area (Å²) in [5.41, 5.74) is -1.19. The van der Waals surface area contributed by atoms with Crippen LogP contribution in [0.15, 0.2) is 15.8 Å². The second kappa shape index (κ2) is 4.08. The topological polar surface area (TPSA) is 84.3 Å². The minimum absolute atomic E-state index is 0.0381. The van der Waals surface area contributed by atoms with Crippen molar-refractivity contribution in [3.63, 3.8) is 0 Å². The monoisotopic (exact) mass is 243 g/mol. The molecule has 0 spiro atoms. The second-order valence-corrected chi connectivity index (χ2v) is 4.09. The lowest BCUT2D eigenvalue weighted by Gasteiger charge is -2.22. The van der Waals surface area contributed by atoms with Gasteiger partial charge in [-0.05, 0) is 13.3 Å². The number of aliphatic hydroxyl groups excluding tert-OH is 1. The Bertz CT molecular complexity index is 538. The zero-order valence-corrected chi connectivity index (χ0v) is 9.27. The lowest BCUT2D eigenvalue weighted by Crippen LogP contribution is -2.42. The van der Waals surface area contributed by atoms with E-state index in [0.29, 0.717) is 6.42 Å². The van der Waals surface area contributed by atoms with Crippen LogP contribution in [-0.4, -0.2) is 27.4 Å². The first-order valence-electron chi connectivity index (χ1n) is 5.27. The maximum atomic E-state index is 14.4. The van der Waals surface area contributed by atoms with Crippen molar-refractivity contribution in [1.29, 1.82) is 0 Å². The molecular formula is C10H13FN2O4. The van der Waals surface area contributed by atoms with Crippen LogP contribution in [0.25, 0.3) is 0 Å². The molecule has 1 fully saturated rings. The number of aromatic nitrogens is 2. The number of nitrogens with one attached hydrogen (secondary N) is 1. The molecule has 2 rings (SSSR count). The molecule has 2 atom stereocenters. The fourth-order valence-electron chi connectivity index (χ4n) is 1.83. The van der Waals surface area contributed by atoms with Gasteiger partial charge in [0.15, 0.2) is 0 Å². The number of nitrogens with zero attached hydrogens (tertiary/aromatic N) is 1. The normalized spacial score (nSPS) is 28.5. The molecule has 1 aliphatic heterocycles. The van der Waals surface area contributed by atoms with E-state index in [0.717, 1.165) is 10.8 Å². The van der Waals surface area contributed by atoms with Crippen LogP contribution in [0.5, 0.6) is 0 Å². The fraction of sp³-hybridized carbons (Fsp3) is 0.600. The van der Waals surface area contributed by atoms with Gasteiger partial charge in [0.25, 0.3) is 11.5 Å². The van der Waals surface area contributed by atoms with Crippen LogP contribution in [-0.2, 0) is 10.7 Å². The maximum absolute atomic E-state index is 14.4. The lowest BCUT2D eigenvalue weighted by atomic mass is 10.2. The zero-order chi connectivity index (χ0) is 12.6. The molecule has 2 N–H and O–H groups in total. The summed E-state index contributed by atoms with van der Waals surface area (Å²) in [6, 6.07) is 0. The Balaban J connectivity index is 2.44. The zero-order valence-electron chi connectivity index (χ0n) is 9.27. The smallest absolute Gasteiger partial charge is 0.332 e. The van der Waals surface area contributed by atoms with E-state index in [-0.39, 0.29) is 18.6 Å². The highest BCUT2D eigenvalue weighted by atomic mass is 18.2. The van der Waals surface area contributed by atoms with E-state index in [4.69, 9.17) is 9.84 Å². The van der Waals surface area contributed by atoms with E-state index in [1.165, 1.54) is 6.92 Å². The van der Waals surface area contributed by atoms with Gasteiger partial charge in [-0.1, -0.05) is 0 Å². The fourth-order valence-corrected chi connectivity index (χ4v) is 1.83. The van der Waals surface area contributed by atoms with Gasteiger partial charge in [0.1, 0.15) is 0 Å². The Kier molecular flexibility index (Phi) is 2.88. The molecule has 17 heavy (non-hydrogen) atoms. The number of aromatic amines is 1. The molecule has 1 aromatic rings. The summed E-state index contributed by atoms with van der Waals surface area (Å²) >= 11 is 0. The van der Waals surface area contributed by atoms with Crippen molar-refractivity contribution >= 4 is 0 Å². The molecule has 1 saturated heterocycles. The summed E-state index contributed by atoms with van der Waals surface area (Å²) in [6.45, 7) is 1.17. The molecule has 0 saturated carbocycles. The summed E-state index contributed by atoms with van der Waals surface area (Å²) < 4.78 is 20.1. The van der Waals surface area contributed by atoms with Crippen molar-refractivity contribution in [2.75, 3.05) is 6.61 Å². The van der Waals surface area contributed by atoms with Crippen molar-refractivity contribution in [2.45, 2.75) is 31.8 Å². The summed E-state index contributed by atoms with van der Waals surface area (Å²) in [7, 11) is 0. The van der Waals surface area contributed by atoms with Crippen molar-refractivity contribution in [2.24, 2.45) is 0 Å². The number of hydrogen-bond donors (Lipinski definition) is 2. The van der Waals surface area contributed by atoms with Crippen molar-refractivity contribution in [3.8, 4) is 0 Å². The molecule has 0 aliphatic carbocycles. The number of ether oxygens (including phenoxy) is 1. The van der Waals surface area contributed by atoms with E-state index in [9.17, 15) is 14.0 Å². The molecule has 0 aromatic carbocycles. The third kappa shape index (κ3) is 2.03. The number of H-pyrrole nitrogens is 1. The first-order valence-corrected chi connectivity index (χ1v) is 5.27. The summed E-state index contributed by atoms with van der Waals surface area (Å²) in [5, 5.41) is 8.88. The number of hydrogen-bond acceptors (Lipinski definition) is 4. The molecule has 6 nitrogen and oxygen atoms in total. The summed E-state index contributed by atoms with van der Waals surface area (Å²) in [6.07, 6.45) is 0.779. The van der Waals surface area contributed by atoms with Crippen LogP contribution >= 0.6 is 0 Å². The van der Waals surface area contributed by atoms with Gasteiger partial charge < -0.3 is 9.84 Å². The van der Waals surface area contributed by atoms with Gasteiger partial charge in [0, 0.05) is 18.2 Å². The molecule has 0 unspecified atom stereocenters. The first kappa shape index (κ1) is 12.0. The number of alkyl halides is 1. The Hall–Kier alpha value is -1.47. The highest BCUT2D eigenvalue weighted by Crippen LogP contribution is 2.34. The summed E-state index contributed by atoms with van der Waals surface area (Å²) in [4.78, 5) is 24.7. The Morgan fingerprint density at radius 1 is 1.71 bits per heavy atom. The minimum Gasteiger partial charge on any atom is -0.394 e. The highest BCUT2D eigenvalue weighted by Gasteiger charge is 2.43. The van der Waals surface area contributed by atoms with E-state index in [2.05, 4.69) is 0 Å². The average molecular weight is 243 g/mol. The quantitative estimate of drug-likeness (QED) is 0.740. The van der Waals surface area contributed by atoms with Gasteiger partial charge in [-0.2, -0.15) is 4.39 Å². The van der Waals surface area contributed by atoms with E-state index in [1.807, 2.05) is 4.98 Å². The van der Waals surface area contributed by atoms with Crippen LogP contribution in [0, 0.1) is 6.92 Å². The van der Waals surface area contributed by atoms with Gasteiger partial charge in [0.05, 0.1) is 12.7 Å². The van der Waals surface area contributed by atoms with Gasteiger partial charge >= 0.3 is 5.69 Å². The summed E-state index contributed by atoms with van der Waals surface area (Å²) in [5.74, 6) is -2.29. The number of aliphatic hydroxyl groups is 1. The molecule has 0 radical (unpaired) electrons. The molecule has 0 bridgehead atoms. The Morgan fingerprint density at radius 3 is 3.00 bits per heavy atom. The lowest BCUT2D eigenvalue weighted by molar-refractivity contribution is -0.204. The molecule has 94 valence electrons. The molecule has 1 aromatic heterocycles. The van der Waals surface area contributed by atoms with Crippen LogP contribution in [0.4, 0.5) is 4.39 Å². The predicted molar refractivity (Wildman–Crippen MR) is 56.3 cm³/mol.